The van der Waals surface area contributed by atoms with Crippen LogP contribution < -0.4 is 5.32 Å². The van der Waals surface area contributed by atoms with Crippen LogP contribution in [-0.4, -0.2) is 46.9 Å². The number of carbonyl (C=O) groups excluding carboxylic acids is 2. The number of carbonyl (C=O) groups is 2. The Morgan fingerprint density at radius 2 is 0.894 bits per heavy atom. The molecule has 0 fully saturated rings. The fraction of sp³-hybridized carbons (Fsp3) is 0.951. The van der Waals surface area contributed by atoms with Crippen LogP contribution in [0.5, 0.6) is 0 Å². The summed E-state index contributed by atoms with van der Waals surface area (Å²) in [5.41, 5.74) is 0. The van der Waals surface area contributed by atoms with Crippen LogP contribution >= 0.6 is 0 Å². The van der Waals surface area contributed by atoms with Gasteiger partial charge in [0.1, 0.15) is 6.10 Å². The Bertz CT molecular complexity index is 672. The average molecular weight is 668 g/mol. The fourth-order valence-corrected chi connectivity index (χ4v) is 6.49. The summed E-state index contributed by atoms with van der Waals surface area (Å²) >= 11 is 0. The monoisotopic (exact) mass is 668 g/mol. The number of unbranched alkanes of at least 4 members (excludes halogenated alkanes) is 25. The van der Waals surface area contributed by atoms with Gasteiger partial charge in [-0.2, -0.15) is 0 Å². The topological polar surface area (TPSA) is 95.9 Å². The summed E-state index contributed by atoms with van der Waals surface area (Å²) in [5.74, 6) is -0.468. The first kappa shape index (κ1) is 45.9. The van der Waals surface area contributed by atoms with E-state index in [-0.39, 0.29) is 24.9 Å². The lowest BCUT2D eigenvalue weighted by Crippen LogP contribution is -2.46. The largest absolute Gasteiger partial charge is 0.462 e. The van der Waals surface area contributed by atoms with Gasteiger partial charge < -0.3 is 20.3 Å². The number of nitrogens with one attached hydrogen (secondary N) is 1. The molecule has 0 radical (unpaired) electrons. The van der Waals surface area contributed by atoms with E-state index in [1.165, 1.54) is 135 Å². The van der Waals surface area contributed by atoms with Gasteiger partial charge in [-0.15, -0.1) is 0 Å². The van der Waals surface area contributed by atoms with Gasteiger partial charge in [-0.1, -0.05) is 188 Å². The molecule has 0 aromatic heterocycles. The number of aliphatic hydroxyl groups excluding tert-OH is 2. The van der Waals surface area contributed by atoms with E-state index in [0.29, 0.717) is 19.3 Å². The summed E-state index contributed by atoms with van der Waals surface area (Å²) in [5, 5.41) is 23.5. The minimum atomic E-state index is -0.775. The van der Waals surface area contributed by atoms with E-state index in [9.17, 15) is 19.8 Å². The molecule has 0 spiro atoms. The molecule has 280 valence electrons. The standard InChI is InChI=1S/C41H81NO5/c1-4-7-10-13-16-19-21-24-27-30-33-39(44)38(36-43)42-40(45)35-37(32-29-26-23-18-15-12-9-6-3)47-41(46)34-31-28-25-22-20-17-14-11-8-5-2/h37-39,43-44H,4-36H2,1-3H3,(H,42,45). The van der Waals surface area contributed by atoms with Crippen LogP contribution in [0.15, 0.2) is 0 Å². The maximum Gasteiger partial charge on any atom is 0.306 e. The molecule has 0 aromatic carbocycles. The summed E-state index contributed by atoms with van der Waals surface area (Å²) < 4.78 is 5.85. The van der Waals surface area contributed by atoms with Crippen molar-refractivity contribution in [3.63, 3.8) is 0 Å². The van der Waals surface area contributed by atoms with Crippen molar-refractivity contribution in [2.24, 2.45) is 0 Å². The number of ether oxygens (including phenoxy) is 1. The fourth-order valence-electron chi connectivity index (χ4n) is 6.49. The van der Waals surface area contributed by atoms with Gasteiger partial charge in [0.05, 0.1) is 25.2 Å². The lowest BCUT2D eigenvalue weighted by molar-refractivity contribution is -0.151. The number of rotatable bonds is 37. The van der Waals surface area contributed by atoms with Crippen molar-refractivity contribution in [3.05, 3.63) is 0 Å². The molecule has 1 amide bonds. The van der Waals surface area contributed by atoms with Crippen LogP contribution in [0.25, 0.3) is 0 Å². The van der Waals surface area contributed by atoms with Crippen LogP contribution in [0.4, 0.5) is 0 Å². The van der Waals surface area contributed by atoms with Gasteiger partial charge in [0.15, 0.2) is 0 Å². The Balaban J connectivity index is 4.52. The molecular formula is C41H81NO5. The molecule has 6 nitrogen and oxygen atoms in total. The molecule has 0 saturated carbocycles. The third kappa shape index (κ3) is 31.9. The van der Waals surface area contributed by atoms with E-state index in [4.69, 9.17) is 4.74 Å². The quantitative estimate of drug-likeness (QED) is 0.0452. The molecule has 47 heavy (non-hydrogen) atoms. The highest BCUT2D eigenvalue weighted by molar-refractivity contribution is 5.77. The first-order valence-corrected chi connectivity index (χ1v) is 20.8. The molecule has 0 aromatic rings. The molecule has 0 aliphatic carbocycles. The number of aliphatic hydroxyl groups is 2. The molecule has 0 aliphatic heterocycles. The molecule has 0 rings (SSSR count). The third-order valence-electron chi connectivity index (χ3n) is 9.69. The Labute approximate surface area is 292 Å². The van der Waals surface area contributed by atoms with E-state index >= 15 is 0 Å². The van der Waals surface area contributed by atoms with Crippen LogP contribution in [0.2, 0.25) is 0 Å². The summed E-state index contributed by atoms with van der Waals surface area (Å²) in [6.45, 7) is 6.42. The highest BCUT2D eigenvalue weighted by Gasteiger charge is 2.24. The predicted octanol–water partition coefficient (Wildman–Crippen LogP) is 11.3. The van der Waals surface area contributed by atoms with Crippen molar-refractivity contribution in [3.8, 4) is 0 Å². The number of amides is 1. The molecule has 0 bridgehead atoms. The first-order chi connectivity index (χ1) is 23.0. The zero-order valence-electron chi connectivity index (χ0n) is 31.7. The van der Waals surface area contributed by atoms with Crippen LogP contribution in [0.3, 0.4) is 0 Å². The molecular weight excluding hydrogens is 586 g/mol. The van der Waals surface area contributed by atoms with Gasteiger partial charge in [-0.25, -0.2) is 0 Å². The second kappa shape index (κ2) is 36.1. The Hall–Kier alpha value is -1.14. The van der Waals surface area contributed by atoms with Crippen molar-refractivity contribution < 1.29 is 24.5 Å². The predicted molar refractivity (Wildman–Crippen MR) is 200 cm³/mol. The highest BCUT2D eigenvalue weighted by atomic mass is 16.5. The van der Waals surface area contributed by atoms with E-state index < -0.39 is 18.2 Å². The summed E-state index contributed by atoms with van der Waals surface area (Å²) in [7, 11) is 0. The minimum absolute atomic E-state index is 0.0851. The minimum Gasteiger partial charge on any atom is -0.462 e. The maximum absolute atomic E-state index is 13.0. The second-order valence-corrected chi connectivity index (χ2v) is 14.4. The molecule has 3 unspecified atom stereocenters. The molecule has 0 aliphatic rings. The highest BCUT2D eigenvalue weighted by Crippen LogP contribution is 2.17. The van der Waals surface area contributed by atoms with Crippen molar-refractivity contribution in [1.29, 1.82) is 0 Å². The lowest BCUT2D eigenvalue weighted by Gasteiger charge is -2.24. The zero-order chi connectivity index (χ0) is 34.6. The molecule has 0 heterocycles. The van der Waals surface area contributed by atoms with Gasteiger partial charge in [-0.05, 0) is 25.7 Å². The van der Waals surface area contributed by atoms with E-state index in [1.54, 1.807) is 0 Å². The van der Waals surface area contributed by atoms with E-state index in [1.807, 2.05) is 0 Å². The average Bonchev–Trinajstić information content (AvgIpc) is 3.06. The maximum atomic E-state index is 13.0. The van der Waals surface area contributed by atoms with Gasteiger partial charge in [0.25, 0.3) is 0 Å². The smallest absolute Gasteiger partial charge is 0.306 e. The summed E-state index contributed by atoms with van der Waals surface area (Å²) in [4.78, 5) is 25.7. The number of hydrogen-bond acceptors (Lipinski definition) is 5. The Kier molecular flexibility index (Phi) is 35.3. The second-order valence-electron chi connectivity index (χ2n) is 14.4. The van der Waals surface area contributed by atoms with Crippen molar-refractivity contribution in [1.82, 2.24) is 5.32 Å². The molecule has 3 atom stereocenters. The van der Waals surface area contributed by atoms with Gasteiger partial charge in [0.2, 0.25) is 5.91 Å². The normalized spacial score (nSPS) is 13.4. The number of hydrogen-bond donors (Lipinski definition) is 3. The zero-order valence-corrected chi connectivity index (χ0v) is 31.7. The summed E-state index contributed by atoms with van der Waals surface area (Å²) in [6, 6.07) is -0.688. The van der Waals surface area contributed by atoms with Gasteiger partial charge >= 0.3 is 5.97 Å². The van der Waals surface area contributed by atoms with Crippen molar-refractivity contribution in [2.45, 2.75) is 244 Å². The van der Waals surface area contributed by atoms with Crippen LogP contribution in [0.1, 0.15) is 226 Å². The molecule has 0 saturated heterocycles. The van der Waals surface area contributed by atoms with Crippen molar-refractivity contribution in [2.75, 3.05) is 6.61 Å². The SMILES string of the molecule is CCCCCCCCCCCCC(=O)OC(CCCCCCCCCC)CC(=O)NC(CO)C(O)CCCCCCCCCCCC. The van der Waals surface area contributed by atoms with Crippen LogP contribution in [0, 0.1) is 0 Å². The summed E-state index contributed by atoms with van der Waals surface area (Å²) in [6.07, 6.45) is 34.5. The Morgan fingerprint density at radius 1 is 0.532 bits per heavy atom. The molecule has 3 N–H and O–H groups in total. The van der Waals surface area contributed by atoms with E-state index in [0.717, 1.165) is 44.9 Å². The molecule has 6 heteroatoms. The Morgan fingerprint density at radius 3 is 1.30 bits per heavy atom. The number of esters is 1. The van der Waals surface area contributed by atoms with Crippen molar-refractivity contribution >= 4 is 11.9 Å². The van der Waals surface area contributed by atoms with Gasteiger partial charge in [0, 0.05) is 6.42 Å². The third-order valence-corrected chi connectivity index (χ3v) is 9.69. The van der Waals surface area contributed by atoms with Gasteiger partial charge in [-0.3, -0.25) is 9.59 Å². The lowest BCUT2D eigenvalue weighted by atomic mass is 10.0. The van der Waals surface area contributed by atoms with E-state index in [2.05, 4.69) is 26.1 Å². The first-order valence-electron chi connectivity index (χ1n) is 20.8. The van der Waals surface area contributed by atoms with Crippen LogP contribution in [-0.2, 0) is 14.3 Å².